The lowest BCUT2D eigenvalue weighted by atomic mass is 10.1. The summed E-state index contributed by atoms with van der Waals surface area (Å²) >= 11 is 1.71. The number of fused-ring (bicyclic) bond motifs is 1. The van der Waals surface area contributed by atoms with Gasteiger partial charge in [-0.25, -0.2) is 4.98 Å². The molecule has 2 heterocycles. The van der Waals surface area contributed by atoms with Crippen molar-refractivity contribution in [2.75, 3.05) is 0 Å². The third-order valence-corrected chi connectivity index (χ3v) is 3.42. The Morgan fingerprint density at radius 1 is 1.20 bits per heavy atom. The monoisotopic (exact) mass is 222 g/mol. The highest BCUT2D eigenvalue weighted by Gasteiger charge is 2.02. The van der Waals surface area contributed by atoms with Crippen molar-refractivity contribution in [3.8, 4) is 0 Å². The molecule has 0 aliphatic rings. The maximum atomic E-state index is 4.55. The minimum Gasteiger partial charge on any atom is -0.341 e. The van der Waals surface area contributed by atoms with Gasteiger partial charge in [-0.1, -0.05) is 32.6 Å². The van der Waals surface area contributed by atoms with Crippen LogP contribution in [0.25, 0.3) is 11.0 Å². The third kappa shape index (κ3) is 2.81. The van der Waals surface area contributed by atoms with E-state index in [1.807, 2.05) is 0 Å². The van der Waals surface area contributed by atoms with Gasteiger partial charge in [-0.3, -0.25) is 0 Å². The Labute approximate surface area is 94.7 Å². The molecular weight excluding hydrogens is 204 g/mol. The Bertz CT molecular complexity index is 374. The van der Waals surface area contributed by atoms with Gasteiger partial charge in [0.15, 0.2) is 0 Å². The van der Waals surface area contributed by atoms with Crippen LogP contribution in [0.1, 0.15) is 44.9 Å². The fourth-order valence-electron chi connectivity index (χ4n) is 1.81. The number of nitrogens with zero attached hydrogens (tertiary/aromatic N) is 1. The van der Waals surface area contributed by atoms with E-state index in [4.69, 9.17) is 0 Å². The standard InChI is InChI=1S/C12H18N2S/c1-2-3-4-5-6-7-12-13-10-8-15-9-11(10)14-12/h8-9H,2-7H2,1H3,(H,13,14). The van der Waals surface area contributed by atoms with Crippen molar-refractivity contribution >= 4 is 22.4 Å². The molecule has 0 saturated heterocycles. The number of nitrogens with one attached hydrogen (secondary N) is 1. The van der Waals surface area contributed by atoms with Gasteiger partial charge in [0.25, 0.3) is 0 Å². The van der Waals surface area contributed by atoms with Crippen LogP contribution in [0.4, 0.5) is 0 Å². The fraction of sp³-hybridized carbons (Fsp3) is 0.583. The summed E-state index contributed by atoms with van der Waals surface area (Å²) in [5, 5.41) is 4.23. The van der Waals surface area contributed by atoms with Crippen LogP contribution in [0, 0.1) is 0 Å². The smallest absolute Gasteiger partial charge is 0.107 e. The Hall–Kier alpha value is -0.830. The molecule has 0 aliphatic carbocycles. The largest absolute Gasteiger partial charge is 0.341 e. The van der Waals surface area contributed by atoms with E-state index in [0.29, 0.717) is 0 Å². The molecule has 0 saturated carbocycles. The first kappa shape index (κ1) is 10.7. The van der Waals surface area contributed by atoms with Crippen molar-refractivity contribution in [3.63, 3.8) is 0 Å². The first-order valence-electron chi connectivity index (χ1n) is 5.81. The Kier molecular flexibility index (Phi) is 3.78. The van der Waals surface area contributed by atoms with Crippen LogP contribution in [0.2, 0.25) is 0 Å². The van der Waals surface area contributed by atoms with Crippen molar-refractivity contribution in [3.05, 3.63) is 16.6 Å². The average molecular weight is 222 g/mol. The van der Waals surface area contributed by atoms with Crippen LogP contribution in [-0.4, -0.2) is 9.97 Å². The second-order valence-electron chi connectivity index (χ2n) is 4.02. The van der Waals surface area contributed by atoms with Crippen LogP contribution in [0.15, 0.2) is 10.8 Å². The molecule has 0 fully saturated rings. The van der Waals surface area contributed by atoms with Crippen LogP contribution >= 0.6 is 11.3 Å². The second kappa shape index (κ2) is 5.31. The molecule has 2 rings (SSSR count). The number of H-pyrrole nitrogens is 1. The molecule has 15 heavy (non-hydrogen) atoms. The second-order valence-corrected chi connectivity index (χ2v) is 4.76. The minimum absolute atomic E-state index is 1.10. The van der Waals surface area contributed by atoms with Gasteiger partial charge in [0.1, 0.15) is 5.82 Å². The Morgan fingerprint density at radius 3 is 2.87 bits per heavy atom. The summed E-state index contributed by atoms with van der Waals surface area (Å²) in [5.74, 6) is 1.16. The molecule has 82 valence electrons. The number of rotatable bonds is 6. The van der Waals surface area contributed by atoms with E-state index in [1.54, 1.807) is 11.3 Å². The van der Waals surface area contributed by atoms with Crippen LogP contribution in [0.3, 0.4) is 0 Å². The van der Waals surface area contributed by atoms with Gasteiger partial charge in [0, 0.05) is 17.2 Å². The fourth-order valence-corrected chi connectivity index (χ4v) is 2.51. The highest BCUT2D eigenvalue weighted by Crippen LogP contribution is 2.17. The van der Waals surface area contributed by atoms with Crippen LogP contribution in [0.5, 0.6) is 0 Å². The number of aryl methyl sites for hydroxylation is 1. The maximum Gasteiger partial charge on any atom is 0.107 e. The number of aromatic amines is 1. The zero-order valence-corrected chi connectivity index (χ0v) is 10.1. The van der Waals surface area contributed by atoms with E-state index >= 15 is 0 Å². The lowest BCUT2D eigenvalue weighted by Gasteiger charge is -1.97. The van der Waals surface area contributed by atoms with Gasteiger partial charge in [-0.2, -0.15) is 0 Å². The molecule has 0 radical (unpaired) electrons. The number of imidazole rings is 1. The zero-order chi connectivity index (χ0) is 10.5. The van der Waals surface area contributed by atoms with Crippen molar-refractivity contribution in [1.29, 1.82) is 0 Å². The quantitative estimate of drug-likeness (QED) is 0.731. The summed E-state index contributed by atoms with van der Waals surface area (Å²) in [5.41, 5.74) is 2.33. The molecule has 0 atom stereocenters. The lowest BCUT2D eigenvalue weighted by Crippen LogP contribution is -1.88. The van der Waals surface area contributed by atoms with E-state index in [9.17, 15) is 0 Å². The molecule has 1 N–H and O–H groups in total. The van der Waals surface area contributed by atoms with Gasteiger partial charge in [-0.15, -0.1) is 11.3 Å². The number of thiophene rings is 1. The maximum absolute atomic E-state index is 4.55. The summed E-state index contributed by atoms with van der Waals surface area (Å²) in [6, 6.07) is 0. The minimum atomic E-state index is 1.10. The van der Waals surface area contributed by atoms with Crippen molar-refractivity contribution in [1.82, 2.24) is 9.97 Å². The van der Waals surface area contributed by atoms with Crippen molar-refractivity contribution < 1.29 is 0 Å². The van der Waals surface area contributed by atoms with Gasteiger partial charge in [0.05, 0.1) is 11.0 Å². The average Bonchev–Trinajstić information content (AvgIpc) is 2.77. The molecule has 0 unspecified atom stereocenters. The van der Waals surface area contributed by atoms with Gasteiger partial charge < -0.3 is 4.98 Å². The van der Waals surface area contributed by atoms with Crippen LogP contribution in [-0.2, 0) is 6.42 Å². The van der Waals surface area contributed by atoms with E-state index in [1.165, 1.54) is 37.6 Å². The zero-order valence-electron chi connectivity index (χ0n) is 9.25. The molecule has 0 amide bonds. The predicted octanol–water partition coefficient (Wildman–Crippen LogP) is 4.14. The molecule has 2 aromatic rings. The predicted molar refractivity (Wildman–Crippen MR) is 66.4 cm³/mol. The molecular formula is C12H18N2S. The summed E-state index contributed by atoms with van der Waals surface area (Å²) in [6.45, 7) is 2.25. The van der Waals surface area contributed by atoms with E-state index in [0.717, 1.165) is 17.8 Å². The SMILES string of the molecule is CCCCCCCc1nc2cscc2[nH]1. The summed E-state index contributed by atoms with van der Waals surface area (Å²) < 4.78 is 0. The molecule has 0 bridgehead atoms. The van der Waals surface area contributed by atoms with Gasteiger partial charge in [-0.05, 0) is 6.42 Å². The first-order valence-corrected chi connectivity index (χ1v) is 6.75. The lowest BCUT2D eigenvalue weighted by molar-refractivity contribution is 0.625. The summed E-state index contributed by atoms with van der Waals surface area (Å²) in [6.07, 6.45) is 7.75. The Morgan fingerprint density at radius 2 is 2.07 bits per heavy atom. The van der Waals surface area contributed by atoms with Crippen molar-refractivity contribution in [2.24, 2.45) is 0 Å². The molecule has 3 heteroatoms. The number of hydrogen-bond donors (Lipinski definition) is 1. The third-order valence-electron chi connectivity index (χ3n) is 2.69. The highest BCUT2D eigenvalue weighted by atomic mass is 32.1. The first-order chi connectivity index (χ1) is 7.40. The molecule has 2 aromatic heterocycles. The molecule has 0 spiro atoms. The summed E-state index contributed by atoms with van der Waals surface area (Å²) in [4.78, 5) is 7.91. The van der Waals surface area contributed by atoms with Crippen LogP contribution < -0.4 is 0 Å². The van der Waals surface area contributed by atoms with Crippen molar-refractivity contribution in [2.45, 2.75) is 45.4 Å². The topological polar surface area (TPSA) is 28.7 Å². The number of unbranched alkanes of at least 4 members (excludes halogenated alkanes) is 4. The van der Waals surface area contributed by atoms with E-state index in [2.05, 4.69) is 27.7 Å². The number of hydrogen-bond acceptors (Lipinski definition) is 2. The summed E-state index contributed by atoms with van der Waals surface area (Å²) in [7, 11) is 0. The van der Waals surface area contributed by atoms with E-state index in [-0.39, 0.29) is 0 Å². The Balaban J connectivity index is 1.77. The van der Waals surface area contributed by atoms with E-state index < -0.39 is 0 Å². The normalized spacial score (nSPS) is 11.3. The van der Waals surface area contributed by atoms with Gasteiger partial charge >= 0.3 is 0 Å². The highest BCUT2D eigenvalue weighted by molar-refractivity contribution is 7.09. The molecule has 0 aromatic carbocycles. The van der Waals surface area contributed by atoms with Gasteiger partial charge in [0.2, 0.25) is 0 Å². The molecule has 2 nitrogen and oxygen atoms in total. The number of aromatic nitrogens is 2. The molecule has 0 aliphatic heterocycles.